The van der Waals surface area contributed by atoms with E-state index in [0.717, 1.165) is 6.20 Å². The van der Waals surface area contributed by atoms with Gasteiger partial charge >= 0.3 is 12.3 Å². The predicted molar refractivity (Wildman–Crippen MR) is 130 cm³/mol. The summed E-state index contributed by atoms with van der Waals surface area (Å²) in [5.41, 5.74) is 1.05. The van der Waals surface area contributed by atoms with Gasteiger partial charge in [0.2, 0.25) is 5.91 Å². The van der Waals surface area contributed by atoms with Gasteiger partial charge in [-0.25, -0.2) is 26.6 Å². The number of ether oxygens (including phenoxy) is 2. The molecule has 0 saturated carbocycles. The number of rotatable bonds is 8. The number of amides is 1. The summed E-state index contributed by atoms with van der Waals surface area (Å²) in [5.74, 6) is -6.69. The Balaban J connectivity index is 1.51. The third-order valence-corrected chi connectivity index (χ3v) is 8.28. The maximum Gasteiger partial charge on any atom is 0.340 e. The number of halogens is 5. The van der Waals surface area contributed by atoms with E-state index < -0.39 is 51.8 Å². The fourth-order valence-corrected chi connectivity index (χ4v) is 5.89. The molecule has 0 spiro atoms. The van der Waals surface area contributed by atoms with E-state index in [0.29, 0.717) is 42.3 Å². The molecule has 0 radical (unpaired) electrons. The van der Waals surface area contributed by atoms with Crippen molar-refractivity contribution in [2.45, 2.75) is 51.0 Å². The van der Waals surface area contributed by atoms with Crippen molar-refractivity contribution in [1.29, 1.82) is 0 Å². The highest BCUT2D eigenvalue weighted by Gasteiger charge is 2.42. The second-order valence-corrected chi connectivity index (χ2v) is 12.0. The molecule has 1 fully saturated rings. The largest absolute Gasteiger partial charge is 0.481 e. The average molecular weight is 576 g/mol. The van der Waals surface area contributed by atoms with Crippen LogP contribution >= 0.6 is 0 Å². The van der Waals surface area contributed by atoms with Crippen LogP contribution in [-0.2, 0) is 14.6 Å². The first-order chi connectivity index (χ1) is 18.2. The zero-order valence-electron chi connectivity index (χ0n) is 21.0. The van der Waals surface area contributed by atoms with Gasteiger partial charge in [-0.3, -0.25) is 4.79 Å². The molecular weight excluding hydrogens is 549 g/mol. The van der Waals surface area contributed by atoms with E-state index in [2.05, 4.69) is 10.3 Å². The number of nitrogens with one attached hydrogen (secondary N) is 1. The molecule has 1 aromatic rings. The second kappa shape index (κ2) is 10.6. The van der Waals surface area contributed by atoms with Crippen LogP contribution in [0.2, 0.25) is 0 Å². The van der Waals surface area contributed by atoms with Gasteiger partial charge in [-0.05, 0) is 45.3 Å². The van der Waals surface area contributed by atoms with E-state index in [9.17, 15) is 35.2 Å². The van der Waals surface area contributed by atoms with Gasteiger partial charge < -0.3 is 19.7 Å². The maximum atomic E-state index is 13.7. The van der Waals surface area contributed by atoms with Crippen LogP contribution in [0.3, 0.4) is 0 Å². The van der Waals surface area contributed by atoms with E-state index in [1.807, 2.05) is 6.92 Å². The molecule has 3 aliphatic rings. The number of carbonyl (C=O) groups is 1. The van der Waals surface area contributed by atoms with Crippen molar-refractivity contribution < 1.29 is 44.6 Å². The molecule has 0 aromatic carbocycles. The van der Waals surface area contributed by atoms with Crippen LogP contribution in [0.1, 0.15) is 33.1 Å². The number of aromatic nitrogens is 1. The summed E-state index contributed by atoms with van der Waals surface area (Å²) in [7, 11) is -3.11. The minimum atomic E-state index is -4.47. The van der Waals surface area contributed by atoms with Crippen molar-refractivity contribution in [3.63, 3.8) is 0 Å². The number of allylic oxidation sites excluding steroid dienone is 4. The molecule has 39 heavy (non-hydrogen) atoms. The molecule has 1 N–H and O–H groups in total. The van der Waals surface area contributed by atoms with Gasteiger partial charge in [0.15, 0.2) is 12.4 Å². The molecule has 1 amide bonds. The van der Waals surface area contributed by atoms with Crippen LogP contribution in [0, 0.1) is 5.82 Å². The highest BCUT2D eigenvalue weighted by molar-refractivity contribution is 7.91. The first-order valence-electron chi connectivity index (χ1n) is 11.9. The molecule has 212 valence electrons. The van der Waals surface area contributed by atoms with Gasteiger partial charge in [-0.1, -0.05) is 6.08 Å². The number of fused-ring (bicyclic) bond motifs is 1. The molecule has 0 bridgehead atoms. The third-order valence-electron chi connectivity index (χ3n) is 6.62. The Labute approximate surface area is 221 Å². The Morgan fingerprint density at radius 1 is 1.26 bits per heavy atom. The lowest BCUT2D eigenvalue weighted by molar-refractivity contribution is -0.148. The Bertz CT molecular complexity index is 1370. The van der Waals surface area contributed by atoms with Crippen molar-refractivity contribution in [3.05, 3.63) is 65.2 Å². The van der Waals surface area contributed by atoms with Gasteiger partial charge in [0.25, 0.3) is 5.88 Å². The molecule has 4 rings (SSSR count). The minimum Gasteiger partial charge on any atom is -0.481 e. The molecule has 14 heteroatoms. The van der Waals surface area contributed by atoms with Crippen molar-refractivity contribution >= 4 is 15.7 Å². The number of alkyl halides is 4. The molecule has 1 saturated heterocycles. The fourth-order valence-electron chi connectivity index (χ4n) is 4.17. The minimum absolute atomic E-state index is 0.00484. The van der Waals surface area contributed by atoms with Crippen LogP contribution in [0.15, 0.2) is 59.4 Å². The molecule has 0 aliphatic carbocycles. The summed E-state index contributed by atoms with van der Waals surface area (Å²) >= 11 is 0. The molecule has 1 aromatic heterocycles. The van der Waals surface area contributed by atoms with E-state index in [1.165, 1.54) is 12.3 Å². The normalized spacial score (nSPS) is 20.3. The Hall–Kier alpha value is -3.42. The Morgan fingerprint density at radius 2 is 1.95 bits per heavy atom. The molecule has 0 atom stereocenters. The monoisotopic (exact) mass is 575 g/mol. The highest BCUT2D eigenvalue weighted by Crippen LogP contribution is 2.34. The van der Waals surface area contributed by atoms with Crippen LogP contribution in [0.5, 0.6) is 11.6 Å². The standard InChI is InChI=1S/C25H26F5N3O5S/c1-15-19(21(34)32-24(2)7-9-39(35,36)10-8-24)6-4-17-3-5-18(13-33(15)17)38-22-20(11-16(26)12-31-22)37-14-25(29,30)23(27)28/h3-5,11-13,23H,6-10,14H2,1-2H3,(H,32,34). The van der Waals surface area contributed by atoms with E-state index in [1.54, 1.807) is 24.0 Å². The van der Waals surface area contributed by atoms with E-state index in [4.69, 9.17) is 9.47 Å². The SMILES string of the molecule is CC1=C(C(=O)NC2(C)CCS(=O)(=O)CC2)CC=C2C=CC(Oc3ncc(F)cc3OCC(F)(F)C(F)F)=CN21. The highest BCUT2D eigenvalue weighted by atomic mass is 32.2. The van der Waals surface area contributed by atoms with Gasteiger partial charge in [0.1, 0.15) is 21.4 Å². The van der Waals surface area contributed by atoms with E-state index >= 15 is 0 Å². The predicted octanol–water partition coefficient (Wildman–Crippen LogP) is 4.24. The van der Waals surface area contributed by atoms with Crippen molar-refractivity contribution in [2.75, 3.05) is 18.1 Å². The zero-order valence-corrected chi connectivity index (χ0v) is 21.8. The lowest BCUT2D eigenvalue weighted by atomic mass is 9.93. The molecule has 0 unspecified atom stereocenters. The number of sulfone groups is 1. The van der Waals surface area contributed by atoms with Gasteiger partial charge in [-0.15, -0.1) is 0 Å². The first kappa shape index (κ1) is 28.6. The van der Waals surface area contributed by atoms with Crippen molar-refractivity contribution in [2.24, 2.45) is 0 Å². The van der Waals surface area contributed by atoms with Crippen LogP contribution in [0.25, 0.3) is 0 Å². The lowest BCUT2D eigenvalue weighted by Gasteiger charge is -2.36. The topological polar surface area (TPSA) is 97.8 Å². The molecule has 4 heterocycles. The zero-order chi connectivity index (χ0) is 28.6. The number of hydrogen-bond acceptors (Lipinski definition) is 7. The number of pyridine rings is 1. The quantitative estimate of drug-likeness (QED) is 0.464. The van der Waals surface area contributed by atoms with Crippen molar-refractivity contribution in [1.82, 2.24) is 15.2 Å². The smallest absolute Gasteiger partial charge is 0.340 e. The number of carbonyl (C=O) groups excluding carboxylic acids is 1. The Kier molecular flexibility index (Phi) is 7.79. The summed E-state index contributed by atoms with van der Waals surface area (Å²) in [4.78, 5) is 18.5. The van der Waals surface area contributed by atoms with Gasteiger partial charge in [0, 0.05) is 28.6 Å². The van der Waals surface area contributed by atoms with Crippen LogP contribution < -0.4 is 14.8 Å². The molecular formula is C25H26F5N3O5S. The van der Waals surface area contributed by atoms with Gasteiger partial charge in [0.05, 0.1) is 23.9 Å². The number of nitrogens with zero attached hydrogens (tertiary/aromatic N) is 2. The fraction of sp³-hybridized carbons (Fsp3) is 0.440. The summed E-state index contributed by atoms with van der Waals surface area (Å²) in [6, 6.07) is 0.688. The molecule has 8 nitrogen and oxygen atoms in total. The van der Waals surface area contributed by atoms with Crippen molar-refractivity contribution in [3.8, 4) is 11.6 Å². The maximum absolute atomic E-state index is 13.7. The average Bonchev–Trinajstić information content (AvgIpc) is 2.86. The summed E-state index contributed by atoms with van der Waals surface area (Å²) in [6.45, 7) is 1.80. The second-order valence-electron chi connectivity index (χ2n) is 9.71. The molecule has 3 aliphatic heterocycles. The summed E-state index contributed by atoms with van der Waals surface area (Å²) in [6.07, 6.45) is 4.17. The van der Waals surface area contributed by atoms with Gasteiger partial charge in [-0.2, -0.15) is 8.78 Å². The Morgan fingerprint density at radius 3 is 2.62 bits per heavy atom. The first-order valence-corrected chi connectivity index (χ1v) is 13.7. The van der Waals surface area contributed by atoms with Crippen LogP contribution in [0.4, 0.5) is 22.0 Å². The number of hydrogen-bond donors (Lipinski definition) is 1. The third kappa shape index (κ3) is 6.60. The van der Waals surface area contributed by atoms with Crippen LogP contribution in [-0.4, -0.2) is 60.2 Å². The summed E-state index contributed by atoms with van der Waals surface area (Å²) < 4.78 is 99.2. The summed E-state index contributed by atoms with van der Waals surface area (Å²) in [5, 5.41) is 2.96. The van der Waals surface area contributed by atoms with E-state index in [-0.39, 0.29) is 23.2 Å². The lowest BCUT2D eigenvalue weighted by Crippen LogP contribution is -2.51.